The van der Waals surface area contributed by atoms with Crippen LogP contribution >= 0.6 is 0 Å². The topological polar surface area (TPSA) is 46.5 Å². The zero-order valence-electron chi connectivity index (χ0n) is 8.64. The molecule has 0 saturated carbocycles. The van der Waals surface area contributed by atoms with Gasteiger partial charge in [-0.15, -0.1) is 0 Å². The Balaban J connectivity index is 3.01. The Hall–Kier alpha value is -1.79. The van der Waals surface area contributed by atoms with Gasteiger partial charge in [-0.25, -0.2) is 8.78 Å². The average Bonchev–Trinajstić information content (AvgIpc) is 2.20. The number of carboxylic acids is 1. The van der Waals surface area contributed by atoms with Crippen molar-refractivity contribution in [3.05, 3.63) is 29.3 Å². The minimum absolute atomic E-state index is 0.0411. The van der Waals surface area contributed by atoms with Crippen molar-refractivity contribution in [2.75, 3.05) is 0 Å². The molecular formula is C10H8F4O3. The monoisotopic (exact) mass is 252 g/mol. The molecule has 1 atom stereocenters. The van der Waals surface area contributed by atoms with Gasteiger partial charge in [0.2, 0.25) is 11.6 Å². The summed E-state index contributed by atoms with van der Waals surface area (Å²) in [5.41, 5.74) is 0. The predicted molar refractivity (Wildman–Crippen MR) is 48.6 cm³/mol. The second-order valence-corrected chi connectivity index (χ2v) is 3.32. The van der Waals surface area contributed by atoms with Crippen molar-refractivity contribution in [1.82, 2.24) is 0 Å². The number of ether oxygens (including phenoxy) is 1. The first-order valence-electron chi connectivity index (χ1n) is 4.54. The maximum atomic E-state index is 13.1. The maximum Gasteiger partial charge on any atom is 0.307 e. The Morgan fingerprint density at radius 1 is 1.29 bits per heavy atom. The quantitative estimate of drug-likeness (QED) is 0.661. The van der Waals surface area contributed by atoms with Crippen LogP contribution in [0.25, 0.3) is 0 Å². The number of hydrogen-bond acceptors (Lipinski definition) is 2. The minimum Gasteiger partial charge on any atom is -0.484 e. The largest absolute Gasteiger partial charge is 0.484 e. The van der Waals surface area contributed by atoms with Crippen LogP contribution in [0.5, 0.6) is 5.75 Å². The van der Waals surface area contributed by atoms with E-state index in [0.717, 1.165) is 0 Å². The van der Waals surface area contributed by atoms with Gasteiger partial charge in [-0.05, 0) is 6.92 Å². The summed E-state index contributed by atoms with van der Waals surface area (Å²) < 4.78 is 56.2. The lowest BCUT2D eigenvalue weighted by atomic mass is 10.2. The molecule has 0 heterocycles. The highest BCUT2D eigenvalue weighted by Gasteiger charge is 2.22. The van der Waals surface area contributed by atoms with Crippen LogP contribution in [0.15, 0.2) is 6.07 Å². The first-order chi connectivity index (χ1) is 7.82. The normalized spacial score (nSPS) is 12.3. The van der Waals surface area contributed by atoms with Gasteiger partial charge in [0.05, 0.1) is 6.42 Å². The van der Waals surface area contributed by atoms with Crippen LogP contribution < -0.4 is 4.74 Å². The average molecular weight is 252 g/mol. The van der Waals surface area contributed by atoms with E-state index in [-0.39, 0.29) is 6.07 Å². The Kier molecular flexibility index (Phi) is 3.93. The van der Waals surface area contributed by atoms with Crippen LogP contribution in [0.1, 0.15) is 13.3 Å². The molecule has 1 rings (SSSR count). The number of hydrogen-bond donors (Lipinski definition) is 1. The summed E-state index contributed by atoms with van der Waals surface area (Å²) in [5.74, 6) is -9.13. The summed E-state index contributed by atoms with van der Waals surface area (Å²) in [6.07, 6.45) is -1.69. The Morgan fingerprint density at radius 3 is 2.18 bits per heavy atom. The number of benzene rings is 1. The molecule has 0 aromatic heterocycles. The van der Waals surface area contributed by atoms with Crippen molar-refractivity contribution in [2.45, 2.75) is 19.4 Å². The third-order valence-corrected chi connectivity index (χ3v) is 1.85. The standard InChI is InChI=1S/C10H8F4O3/c1-4(2-7(15)16)17-10-8(13)5(11)3-6(12)9(10)14/h3-4H,2H2,1H3,(H,15,16)/t4-/m0/s1. The van der Waals surface area contributed by atoms with Crippen molar-refractivity contribution in [2.24, 2.45) is 0 Å². The third kappa shape index (κ3) is 3.08. The SMILES string of the molecule is C[C@@H](CC(=O)O)Oc1c(F)c(F)cc(F)c1F. The molecule has 17 heavy (non-hydrogen) atoms. The predicted octanol–water partition coefficient (Wildman–Crippen LogP) is 2.49. The molecule has 0 radical (unpaired) electrons. The molecule has 3 nitrogen and oxygen atoms in total. The Bertz CT molecular complexity index is 421. The highest BCUT2D eigenvalue weighted by molar-refractivity contribution is 5.67. The van der Waals surface area contributed by atoms with Crippen LogP contribution in [0, 0.1) is 23.3 Å². The van der Waals surface area contributed by atoms with E-state index in [1.54, 1.807) is 0 Å². The van der Waals surface area contributed by atoms with Gasteiger partial charge < -0.3 is 9.84 Å². The van der Waals surface area contributed by atoms with E-state index in [2.05, 4.69) is 4.74 Å². The van der Waals surface area contributed by atoms with E-state index in [4.69, 9.17) is 5.11 Å². The van der Waals surface area contributed by atoms with Crippen molar-refractivity contribution >= 4 is 5.97 Å². The first kappa shape index (κ1) is 13.3. The third-order valence-electron chi connectivity index (χ3n) is 1.85. The van der Waals surface area contributed by atoms with Crippen LogP contribution in [-0.4, -0.2) is 17.2 Å². The molecule has 0 saturated heterocycles. The van der Waals surface area contributed by atoms with E-state index in [9.17, 15) is 22.4 Å². The van der Waals surface area contributed by atoms with E-state index in [0.29, 0.717) is 0 Å². The lowest BCUT2D eigenvalue weighted by molar-refractivity contribution is -0.138. The minimum atomic E-state index is -1.69. The second kappa shape index (κ2) is 5.03. The summed E-state index contributed by atoms with van der Waals surface area (Å²) >= 11 is 0. The maximum absolute atomic E-state index is 13.1. The van der Waals surface area contributed by atoms with E-state index in [1.807, 2.05) is 0 Å². The van der Waals surface area contributed by atoms with Gasteiger partial charge in [0.1, 0.15) is 6.10 Å². The molecule has 0 bridgehead atoms. The van der Waals surface area contributed by atoms with Gasteiger partial charge in [-0.1, -0.05) is 0 Å². The first-order valence-corrected chi connectivity index (χ1v) is 4.54. The molecule has 94 valence electrons. The number of carbonyl (C=O) groups is 1. The number of carboxylic acid groups (broad SMARTS) is 1. The summed E-state index contributed by atoms with van der Waals surface area (Å²) in [5, 5.41) is 8.39. The van der Waals surface area contributed by atoms with Gasteiger partial charge in [-0.3, -0.25) is 4.79 Å². The van der Waals surface area contributed by atoms with Crippen LogP contribution in [0.2, 0.25) is 0 Å². The zero-order chi connectivity index (χ0) is 13.2. The fraction of sp³-hybridized carbons (Fsp3) is 0.300. The molecule has 0 unspecified atom stereocenters. The lowest BCUT2D eigenvalue weighted by Gasteiger charge is -2.14. The van der Waals surface area contributed by atoms with Gasteiger partial charge in [0.25, 0.3) is 0 Å². The zero-order valence-corrected chi connectivity index (χ0v) is 8.64. The smallest absolute Gasteiger partial charge is 0.307 e. The lowest BCUT2D eigenvalue weighted by Crippen LogP contribution is -2.18. The molecule has 1 aromatic carbocycles. The summed E-state index contributed by atoms with van der Waals surface area (Å²) in [7, 11) is 0. The fourth-order valence-corrected chi connectivity index (χ4v) is 1.14. The Labute approximate surface area is 93.6 Å². The van der Waals surface area contributed by atoms with Gasteiger partial charge in [0, 0.05) is 6.07 Å². The summed E-state index contributed by atoms with van der Waals surface area (Å²) in [6.45, 7) is 1.20. The van der Waals surface area contributed by atoms with Crippen molar-refractivity contribution < 1.29 is 32.2 Å². The number of aliphatic carboxylic acids is 1. The van der Waals surface area contributed by atoms with Crippen LogP contribution in [0.4, 0.5) is 17.6 Å². The van der Waals surface area contributed by atoms with Crippen molar-refractivity contribution in [1.29, 1.82) is 0 Å². The second-order valence-electron chi connectivity index (χ2n) is 3.32. The number of halogens is 4. The van der Waals surface area contributed by atoms with E-state index < -0.39 is 47.5 Å². The molecule has 0 spiro atoms. The van der Waals surface area contributed by atoms with Crippen molar-refractivity contribution in [3.8, 4) is 5.75 Å². The molecule has 0 fully saturated rings. The Morgan fingerprint density at radius 2 is 1.76 bits per heavy atom. The summed E-state index contributed by atoms with van der Waals surface area (Å²) in [6, 6.07) is 0.0411. The molecular weight excluding hydrogens is 244 g/mol. The molecule has 0 aliphatic heterocycles. The molecule has 0 aliphatic carbocycles. The van der Waals surface area contributed by atoms with Crippen LogP contribution in [-0.2, 0) is 4.79 Å². The van der Waals surface area contributed by atoms with Gasteiger partial charge in [0.15, 0.2) is 17.4 Å². The summed E-state index contributed by atoms with van der Waals surface area (Å²) in [4.78, 5) is 10.3. The van der Waals surface area contributed by atoms with Crippen LogP contribution in [0.3, 0.4) is 0 Å². The molecule has 7 heteroatoms. The molecule has 0 aliphatic rings. The van der Waals surface area contributed by atoms with E-state index in [1.165, 1.54) is 6.92 Å². The van der Waals surface area contributed by atoms with Gasteiger partial charge >= 0.3 is 5.97 Å². The molecule has 1 N–H and O–H groups in total. The van der Waals surface area contributed by atoms with Crippen molar-refractivity contribution in [3.63, 3.8) is 0 Å². The fourth-order valence-electron chi connectivity index (χ4n) is 1.14. The van der Waals surface area contributed by atoms with E-state index >= 15 is 0 Å². The highest BCUT2D eigenvalue weighted by Crippen LogP contribution is 2.27. The molecule has 0 amide bonds. The van der Waals surface area contributed by atoms with Gasteiger partial charge in [-0.2, -0.15) is 8.78 Å². The highest BCUT2D eigenvalue weighted by atomic mass is 19.2. The number of rotatable bonds is 4. The molecule has 1 aromatic rings.